The number of rotatable bonds is 3. The summed E-state index contributed by atoms with van der Waals surface area (Å²) in [6.07, 6.45) is 5.16. The highest BCUT2D eigenvalue weighted by atomic mass is 16.7. The quantitative estimate of drug-likeness (QED) is 0.557. The summed E-state index contributed by atoms with van der Waals surface area (Å²) >= 11 is 0. The number of hydrogen-bond donors (Lipinski definition) is 0. The van der Waals surface area contributed by atoms with Crippen molar-refractivity contribution in [1.82, 2.24) is 9.96 Å². The molecule has 0 saturated carbocycles. The minimum Gasteiger partial charge on any atom is -0.378 e. The molecule has 2 aliphatic rings. The number of amides is 2. The van der Waals surface area contributed by atoms with Crippen LogP contribution < -0.4 is 0 Å². The zero-order valence-electron chi connectivity index (χ0n) is 12.1. The molecule has 0 spiro atoms. The molecule has 20 heavy (non-hydrogen) atoms. The van der Waals surface area contributed by atoms with E-state index in [9.17, 15) is 9.59 Å². The first-order chi connectivity index (χ1) is 9.65. The van der Waals surface area contributed by atoms with Crippen molar-refractivity contribution in [2.45, 2.75) is 12.8 Å². The molecule has 2 rings (SSSR count). The Balaban J connectivity index is 2.08. The minimum atomic E-state index is -0.333. The van der Waals surface area contributed by atoms with E-state index < -0.39 is 0 Å². The summed E-state index contributed by atoms with van der Waals surface area (Å²) in [7, 11) is 3.03. The second kappa shape index (κ2) is 6.85. The number of allylic oxidation sites excluding steroid dienone is 2. The Bertz CT molecular complexity index is 391. The fourth-order valence-corrected chi connectivity index (χ4v) is 2.70. The van der Waals surface area contributed by atoms with Crippen molar-refractivity contribution in [2.24, 2.45) is 11.8 Å². The summed E-state index contributed by atoms with van der Waals surface area (Å²) in [4.78, 5) is 31.7. The third kappa shape index (κ3) is 3.19. The molecule has 0 N–H and O–H groups in total. The normalized spacial score (nSPS) is 26.4. The Morgan fingerprint density at radius 3 is 2.40 bits per heavy atom. The Morgan fingerprint density at radius 2 is 1.80 bits per heavy atom. The summed E-state index contributed by atoms with van der Waals surface area (Å²) in [5, 5.41) is 1.21. The van der Waals surface area contributed by atoms with E-state index >= 15 is 0 Å². The fraction of sp³-hybridized carbons (Fsp3) is 0.714. The molecule has 2 amide bonds. The smallest absolute Gasteiger partial charge is 0.250 e. The zero-order valence-corrected chi connectivity index (χ0v) is 12.1. The molecule has 6 nitrogen and oxygen atoms in total. The van der Waals surface area contributed by atoms with Crippen molar-refractivity contribution in [3.8, 4) is 0 Å². The van der Waals surface area contributed by atoms with E-state index in [1.165, 1.54) is 12.2 Å². The van der Waals surface area contributed by atoms with Gasteiger partial charge in [0.2, 0.25) is 11.8 Å². The van der Waals surface area contributed by atoms with E-state index in [1.807, 2.05) is 12.2 Å². The molecule has 6 heteroatoms. The van der Waals surface area contributed by atoms with Crippen LogP contribution >= 0.6 is 0 Å². The largest absolute Gasteiger partial charge is 0.378 e. The lowest BCUT2D eigenvalue weighted by Gasteiger charge is -2.34. The first kappa shape index (κ1) is 15.0. The summed E-state index contributed by atoms with van der Waals surface area (Å²) in [6, 6.07) is 0. The third-order valence-electron chi connectivity index (χ3n) is 3.97. The number of hydroxylamine groups is 2. The first-order valence-electron chi connectivity index (χ1n) is 6.98. The Hall–Kier alpha value is -1.40. The van der Waals surface area contributed by atoms with Crippen LogP contribution in [-0.2, 0) is 19.2 Å². The molecule has 0 bridgehead atoms. The van der Waals surface area contributed by atoms with Gasteiger partial charge in [-0.2, -0.15) is 0 Å². The van der Waals surface area contributed by atoms with Gasteiger partial charge in [-0.05, 0) is 12.8 Å². The standard InChI is InChI=1S/C14H22N2O4/c1-15(19-2)13(17)11-5-3-4-6-12(11)14(18)16-7-9-20-10-8-16/h3-4,11-12H,5-10H2,1-2H3/t11-,12+/m0/s1. The molecule has 112 valence electrons. The van der Waals surface area contributed by atoms with Gasteiger partial charge in [-0.1, -0.05) is 12.2 Å². The average molecular weight is 282 g/mol. The van der Waals surface area contributed by atoms with Crippen molar-refractivity contribution in [3.63, 3.8) is 0 Å². The van der Waals surface area contributed by atoms with Crippen molar-refractivity contribution in [3.05, 3.63) is 12.2 Å². The van der Waals surface area contributed by atoms with Gasteiger partial charge in [-0.3, -0.25) is 14.4 Å². The molecule has 0 aromatic heterocycles. The maximum absolute atomic E-state index is 12.6. The number of hydrogen-bond acceptors (Lipinski definition) is 4. The van der Waals surface area contributed by atoms with Gasteiger partial charge >= 0.3 is 0 Å². The molecular formula is C14H22N2O4. The lowest BCUT2D eigenvalue weighted by molar-refractivity contribution is -0.177. The molecule has 1 aliphatic heterocycles. The molecule has 0 aromatic carbocycles. The highest BCUT2D eigenvalue weighted by Gasteiger charge is 2.38. The van der Waals surface area contributed by atoms with E-state index in [0.29, 0.717) is 39.1 Å². The van der Waals surface area contributed by atoms with E-state index in [-0.39, 0.29) is 23.7 Å². The van der Waals surface area contributed by atoms with Crippen LogP contribution in [0.4, 0.5) is 0 Å². The fourth-order valence-electron chi connectivity index (χ4n) is 2.70. The number of nitrogens with zero attached hydrogens (tertiary/aromatic N) is 2. The first-order valence-corrected chi connectivity index (χ1v) is 6.98. The molecular weight excluding hydrogens is 260 g/mol. The van der Waals surface area contributed by atoms with Crippen LogP contribution in [0.3, 0.4) is 0 Å². The van der Waals surface area contributed by atoms with Gasteiger partial charge in [0.1, 0.15) is 0 Å². The molecule has 1 saturated heterocycles. The topological polar surface area (TPSA) is 59.1 Å². The molecule has 1 heterocycles. The monoisotopic (exact) mass is 282 g/mol. The van der Waals surface area contributed by atoms with Crippen molar-refractivity contribution in [1.29, 1.82) is 0 Å². The molecule has 2 atom stereocenters. The molecule has 0 unspecified atom stereocenters. The van der Waals surface area contributed by atoms with E-state index in [1.54, 1.807) is 11.9 Å². The number of carbonyl (C=O) groups excluding carboxylic acids is 2. The second-order valence-corrected chi connectivity index (χ2v) is 5.11. The lowest BCUT2D eigenvalue weighted by Crippen LogP contribution is -2.48. The lowest BCUT2D eigenvalue weighted by atomic mass is 9.81. The van der Waals surface area contributed by atoms with Crippen LogP contribution in [0, 0.1) is 11.8 Å². The van der Waals surface area contributed by atoms with Crippen LogP contribution in [-0.4, -0.2) is 62.2 Å². The Kier molecular flexibility index (Phi) is 5.14. The van der Waals surface area contributed by atoms with E-state index in [0.717, 1.165) is 0 Å². The molecule has 1 aliphatic carbocycles. The highest BCUT2D eigenvalue weighted by molar-refractivity contribution is 5.88. The molecule has 0 aromatic rings. The van der Waals surface area contributed by atoms with Crippen molar-refractivity contribution >= 4 is 11.8 Å². The maximum atomic E-state index is 12.6. The zero-order chi connectivity index (χ0) is 14.5. The molecule has 0 radical (unpaired) electrons. The van der Waals surface area contributed by atoms with E-state index in [2.05, 4.69) is 0 Å². The maximum Gasteiger partial charge on any atom is 0.250 e. The van der Waals surface area contributed by atoms with Crippen molar-refractivity contribution in [2.75, 3.05) is 40.5 Å². The van der Waals surface area contributed by atoms with Crippen LogP contribution in [0.5, 0.6) is 0 Å². The summed E-state index contributed by atoms with van der Waals surface area (Å²) in [5.41, 5.74) is 0. The number of carbonyl (C=O) groups is 2. The average Bonchev–Trinajstić information content (AvgIpc) is 2.53. The summed E-state index contributed by atoms with van der Waals surface area (Å²) in [6.45, 7) is 2.37. The second-order valence-electron chi connectivity index (χ2n) is 5.11. The summed E-state index contributed by atoms with van der Waals surface area (Å²) in [5.74, 6) is -0.701. The predicted octanol–water partition coefficient (Wildman–Crippen LogP) is 0.447. The predicted molar refractivity (Wildman–Crippen MR) is 72.5 cm³/mol. The van der Waals surface area contributed by atoms with Gasteiger partial charge in [0, 0.05) is 20.1 Å². The van der Waals surface area contributed by atoms with Crippen LogP contribution in [0.15, 0.2) is 12.2 Å². The highest BCUT2D eigenvalue weighted by Crippen LogP contribution is 2.29. The third-order valence-corrected chi connectivity index (χ3v) is 3.97. The summed E-state index contributed by atoms with van der Waals surface area (Å²) < 4.78 is 5.26. The molecule has 1 fully saturated rings. The van der Waals surface area contributed by atoms with Gasteiger partial charge in [-0.15, -0.1) is 0 Å². The minimum absolute atomic E-state index is 0.0560. The Labute approximate surface area is 119 Å². The number of morpholine rings is 1. The SMILES string of the molecule is CON(C)C(=O)[C@H]1CC=CC[C@H]1C(=O)N1CCOCC1. The van der Waals surface area contributed by atoms with Crippen LogP contribution in [0.2, 0.25) is 0 Å². The van der Waals surface area contributed by atoms with Gasteiger partial charge < -0.3 is 9.64 Å². The van der Waals surface area contributed by atoms with Crippen LogP contribution in [0.25, 0.3) is 0 Å². The van der Waals surface area contributed by atoms with Crippen LogP contribution in [0.1, 0.15) is 12.8 Å². The van der Waals surface area contributed by atoms with Gasteiger partial charge in [0.05, 0.1) is 32.2 Å². The van der Waals surface area contributed by atoms with Crippen molar-refractivity contribution < 1.29 is 19.2 Å². The van der Waals surface area contributed by atoms with E-state index in [4.69, 9.17) is 9.57 Å². The van der Waals surface area contributed by atoms with Gasteiger partial charge in [0.15, 0.2) is 0 Å². The number of ether oxygens (including phenoxy) is 1. The Morgan fingerprint density at radius 1 is 1.20 bits per heavy atom. The van der Waals surface area contributed by atoms with Gasteiger partial charge in [0.25, 0.3) is 0 Å². The van der Waals surface area contributed by atoms with Gasteiger partial charge in [-0.25, -0.2) is 5.06 Å².